The Bertz CT molecular complexity index is 1360. The summed E-state index contributed by atoms with van der Waals surface area (Å²) >= 11 is 0. The fourth-order valence-corrected chi connectivity index (χ4v) is 4.32. The largest absolute Gasteiger partial charge is 0.452 e. The summed E-state index contributed by atoms with van der Waals surface area (Å²) in [6.45, 7) is 7.20. The van der Waals surface area contributed by atoms with E-state index in [9.17, 15) is 9.90 Å². The van der Waals surface area contributed by atoms with Crippen molar-refractivity contribution in [3.05, 3.63) is 66.2 Å². The van der Waals surface area contributed by atoms with Crippen molar-refractivity contribution in [2.45, 2.75) is 38.8 Å². The molecule has 1 unspecified atom stereocenters. The maximum Gasteiger partial charge on any atom is 0.254 e. The topological polar surface area (TPSA) is 102 Å². The van der Waals surface area contributed by atoms with Crippen molar-refractivity contribution in [3.63, 3.8) is 0 Å². The second kappa shape index (κ2) is 9.20. The van der Waals surface area contributed by atoms with Gasteiger partial charge >= 0.3 is 0 Å². The van der Waals surface area contributed by atoms with E-state index in [1.54, 1.807) is 26.1 Å². The lowest BCUT2D eigenvalue weighted by Crippen LogP contribution is -2.48. The molecule has 0 spiro atoms. The number of carbonyl (C=O) groups excluding carboxylic acids is 1. The maximum absolute atomic E-state index is 13.1. The molecule has 8 heteroatoms. The van der Waals surface area contributed by atoms with Crippen LogP contribution in [0.5, 0.6) is 0 Å². The molecule has 1 aliphatic rings. The van der Waals surface area contributed by atoms with Crippen molar-refractivity contribution in [2.75, 3.05) is 19.8 Å². The van der Waals surface area contributed by atoms with Crippen LogP contribution in [0.25, 0.3) is 33.7 Å². The second-order valence-corrected chi connectivity index (χ2v) is 9.25. The number of aliphatic hydroxyl groups is 1. The molecular weight excluding hydrogens is 444 g/mol. The third-order valence-electron chi connectivity index (χ3n) is 6.35. The van der Waals surface area contributed by atoms with Gasteiger partial charge in [-0.1, -0.05) is 19.1 Å². The van der Waals surface area contributed by atoms with Gasteiger partial charge in [0.05, 0.1) is 24.9 Å². The zero-order valence-corrected chi connectivity index (χ0v) is 20.1. The molecule has 5 rings (SSSR count). The minimum absolute atomic E-state index is 0.0183. The van der Waals surface area contributed by atoms with Crippen LogP contribution in [-0.2, 0) is 10.3 Å². The highest BCUT2D eigenvalue weighted by Gasteiger charge is 2.27. The second-order valence-electron chi connectivity index (χ2n) is 9.25. The number of rotatable bonds is 5. The monoisotopic (exact) mass is 472 g/mol. The van der Waals surface area contributed by atoms with Gasteiger partial charge < -0.3 is 19.2 Å². The van der Waals surface area contributed by atoms with Gasteiger partial charge in [-0.05, 0) is 44.5 Å². The number of pyridine rings is 1. The first-order valence-electron chi connectivity index (χ1n) is 11.8. The number of nitrogens with zero attached hydrogens (tertiary/aromatic N) is 4. The van der Waals surface area contributed by atoms with E-state index in [1.807, 2.05) is 41.3 Å². The molecule has 35 heavy (non-hydrogen) atoms. The SMILES string of the molecule is CCC1COCCN1C(=O)c1ccc(-c2cc3ncnc(-c4ccnc(C(C)(C)O)c4)c3o2)cc1. The van der Waals surface area contributed by atoms with E-state index in [-0.39, 0.29) is 11.9 Å². The van der Waals surface area contributed by atoms with Gasteiger partial charge in [-0.2, -0.15) is 0 Å². The minimum Gasteiger partial charge on any atom is -0.452 e. The summed E-state index contributed by atoms with van der Waals surface area (Å²) in [6, 6.07) is 13.0. The lowest BCUT2D eigenvalue weighted by molar-refractivity contribution is -0.00279. The molecule has 0 aliphatic carbocycles. The number of hydrogen-bond donors (Lipinski definition) is 1. The summed E-state index contributed by atoms with van der Waals surface area (Å²) in [5.41, 5.74) is 3.57. The number of hydrogen-bond acceptors (Lipinski definition) is 7. The summed E-state index contributed by atoms with van der Waals surface area (Å²) < 4.78 is 11.7. The maximum atomic E-state index is 13.1. The summed E-state index contributed by atoms with van der Waals surface area (Å²) in [5.74, 6) is 0.653. The normalized spacial score (nSPS) is 16.6. The van der Waals surface area contributed by atoms with Gasteiger partial charge in [-0.3, -0.25) is 9.78 Å². The first-order valence-corrected chi connectivity index (χ1v) is 11.8. The molecule has 3 aromatic heterocycles. The van der Waals surface area contributed by atoms with Crippen LogP contribution in [-0.4, -0.2) is 56.7 Å². The van der Waals surface area contributed by atoms with Crippen LogP contribution in [0.2, 0.25) is 0 Å². The van der Waals surface area contributed by atoms with Crippen LogP contribution in [0.15, 0.2) is 59.4 Å². The van der Waals surface area contributed by atoms with Crippen molar-refractivity contribution in [2.24, 2.45) is 0 Å². The Labute approximate surface area is 203 Å². The van der Waals surface area contributed by atoms with E-state index < -0.39 is 5.60 Å². The lowest BCUT2D eigenvalue weighted by Gasteiger charge is -2.35. The number of amides is 1. The van der Waals surface area contributed by atoms with E-state index in [4.69, 9.17) is 9.15 Å². The van der Waals surface area contributed by atoms with Crippen molar-refractivity contribution in [1.82, 2.24) is 19.9 Å². The van der Waals surface area contributed by atoms with Crippen LogP contribution >= 0.6 is 0 Å². The van der Waals surface area contributed by atoms with E-state index >= 15 is 0 Å². The first kappa shape index (κ1) is 23.1. The van der Waals surface area contributed by atoms with Crippen LogP contribution in [0.1, 0.15) is 43.2 Å². The fourth-order valence-electron chi connectivity index (χ4n) is 4.32. The molecule has 8 nitrogen and oxygen atoms in total. The van der Waals surface area contributed by atoms with Crippen LogP contribution in [0, 0.1) is 0 Å². The Kier molecular flexibility index (Phi) is 6.08. The van der Waals surface area contributed by atoms with Crippen LogP contribution in [0.4, 0.5) is 0 Å². The van der Waals surface area contributed by atoms with Crippen molar-refractivity contribution in [3.8, 4) is 22.6 Å². The lowest BCUT2D eigenvalue weighted by atomic mass is 10.0. The number of fused-ring (bicyclic) bond motifs is 1. The highest BCUT2D eigenvalue weighted by atomic mass is 16.5. The molecule has 1 amide bonds. The Morgan fingerprint density at radius 3 is 2.66 bits per heavy atom. The van der Waals surface area contributed by atoms with E-state index in [0.29, 0.717) is 53.6 Å². The molecule has 1 fully saturated rings. The number of ether oxygens (including phenoxy) is 1. The van der Waals surface area contributed by atoms with Gasteiger partial charge in [0, 0.05) is 35.5 Å². The van der Waals surface area contributed by atoms with Gasteiger partial charge in [0.25, 0.3) is 5.91 Å². The third kappa shape index (κ3) is 4.54. The molecule has 4 heterocycles. The fraction of sp³-hybridized carbons (Fsp3) is 0.333. The molecule has 1 aliphatic heterocycles. The molecular formula is C27H28N4O4. The minimum atomic E-state index is -1.08. The van der Waals surface area contributed by atoms with E-state index in [1.165, 1.54) is 6.33 Å². The van der Waals surface area contributed by atoms with E-state index in [0.717, 1.165) is 17.5 Å². The average Bonchev–Trinajstić information content (AvgIpc) is 3.32. The zero-order valence-electron chi connectivity index (χ0n) is 20.1. The average molecular weight is 473 g/mol. The third-order valence-corrected chi connectivity index (χ3v) is 6.35. The number of benzene rings is 1. The molecule has 1 saturated heterocycles. The summed E-state index contributed by atoms with van der Waals surface area (Å²) in [5, 5.41) is 10.3. The van der Waals surface area contributed by atoms with Crippen LogP contribution in [0.3, 0.4) is 0 Å². The zero-order chi connectivity index (χ0) is 24.6. The van der Waals surface area contributed by atoms with Crippen molar-refractivity contribution < 1.29 is 19.1 Å². The molecule has 0 bridgehead atoms. The molecule has 1 aromatic carbocycles. The van der Waals surface area contributed by atoms with Gasteiger partial charge in [0.1, 0.15) is 28.9 Å². The molecule has 0 radical (unpaired) electrons. The van der Waals surface area contributed by atoms with E-state index in [2.05, 4.69) is 21.9 Å². The highest BCUT2D eigenvalue weighted by Crippen LogP contribution is 2.33. The Morgan fingerprint density at radius 1 is 1.11 bits per heavy atom. The molecule has 0 saturated carbocycles. The number of furan rings is 1. The first-order chi connectivity index (χ1) is 16.8. The number of morpholine rings is 1. The standard InChI is InChI=1S/C27H28N4O4/c1-4-20-15-34-12-11-31(20)26(32)18-7-5-17(6-8-18)22-14-21-25(35-22)24(30-16-29-21)19-9-10-28-23(13-19)27(2,3)33/h5-10,13-14,16,20,33H,4,11-12,15H2,1-3H3. The summed E-state index contributed by atoms with van der Waals surface area (Å²) in [6.07, 6.45) is 4.00. The summed E-state index contributed by atoms with van der Waals surface area (Å²) in [4.78, 5) is 28.0. The molecule has 1 atom stereocenters. The van der Waals surface area contributed by atoms with Crippen LogP contribution < -0.4 is 0 Å². The van der Waals surface area contributed by atoms with Crippen molar-refractivity contribution in [1.29, 1.82) is 0 Å². The molecule has 4 aromatic rings. The predicted octanol–water partition coefficient (Wildman–Crippen LogP) is 4.43. The molecule has 1 N–H and O–H groups in total. The Morgan fingerprint density at radius 2 is 1.91 bits per heavy atom. The van der Waals surface area contributed by atoms with Gasteiger partial charge in [0.15, 0.2) is 5.58 Å². The Balaban J connectivity index is 1.45. The van der Waals surface area contributed by atoms with Gasteiger partial charge in [0.2, 0.25) is 0 Å². The predicted molar refractivity (Wildman–Crippen MR) is 132 cm³/mol. The Hall–Kier alpha value is -3.62. The summed E-state index contributed by atoms with van der Waals surface area (Å²) in [7, 11) is 0. The number of carbonyl (C=O) groups is 1. The van der Waals surface area contributed by atoms with Crippen molar-refractivity contribution >= 4 is 17.0 Å². The number of aromatic nitrogens is 3. The van der Waals surface area contributed by atoms with Gasteiger partial charge in [-0.15, -0.1) is 0 Å². The quantitative estimate of drug-likeness (QED) is 0.458. The molecule has 180 valence electrons. The van der Waals surface area contributed by atoms with Gasteiger partial charge in [-0.25, -0.2) is 9.97 Å². The highest BCUT2D eigenvalue weighted by molar-refractivity contribution is 5.95. The smallest absolute Gasteiger partial charge is 0.254 e.